The lowest BCUT2D eigenvalue weighted by Gasteiger charge is -2.08. The highest BCUT2D eigenvalue weighted by Gasteiger charge is 2.14. The molecule has 1 N–H and O–H groups in total. The Hall–Kier alpha value is -3.28. The highest BCUT2D eigenvalue weighted by atomic mass is 16.7. The Balaban J connectivity index is 1.44. The topological polar surface area (TPSA) is 65.4 Å². The number of nitrogens with one attached hydrogen (secondary N) is 1. The lowest BCUT2D eigenvalue weighted by Crippen LogP contribution is -2.12. The van der Waals surface area contributed by atoms with E-state index in [4.69, 9.17) is 9.47 Å². The van der Waals surface area contributed by atoms with E-state index in [1.54, 1.807) is 24.4 Å². The van der Waals surface area contributed by atoms with Crippen molar-refractivity contribution in [2.45, 2.75) is 13.5 Å². The summed E-state index contributed by atoms with van der Waals surface area (Å²) in [6.07, 6.45) is 3.72. The van der Waals surface area contributed by atoms with Gasteiger partial charge in [0.1, 0.15) is 5.82 Å². The number of rotatable bonds is 4. The van der Waals surface area contributed by atoms with Gasteiger partial charge in [-0.05, 0) is 36.8 Å². The molecule has 0 atom stereocenters. The van der Waals surface area contributed by atoms with Gasteiger partial charge in [0.25, 0.3) is 5.91 Å². The zero-order chi connectivity index (χ0) is 17.2. The fourth-order valence-electron chi connectivity index (χ4n) is 2.71. The van der Waals surface area contributed by atoms with Gasteiger partial charge in [-0.3, -0.25) is 4.79 Å². The van der Waals surface area contributed by atoms with E-state index in [0.29, 0.717) is 22.7 Å². The third kappa shape index (κ3) is 3.19. The zero-order valence-electron chi connectivity index (χ0n) is 13.7. The van der Waals surface area contributed by atoms with Crippen molar-refractivity contribution in [3.05, 3.63) is 71.8 Å². The first kappa shape index (κ1) is 15.3. The molecule has 0 bridgehead atoms. The highest BCUT2D eigenvalue weighted by Crippen LogP contribution is 2.34. The molecule has 1 amide bonds. The highest BCUT2D eigenvalue weighted by molar-refractivity contribution is 6.04. The quantitative estimate of drug-likeness (QED) is 0.795. The SMILES string of the molecule is Cc1nccn1Cc1ccc(C(=O)Nc2ccc3c(c2)OCO3)cc1. The van der Waals surface area contributed by atoms with Crippen LogP contribution in [0.5, 0.6) is 11.5 Å². The molecule has 4 rings (SSSR count). The number of carbonyl (C=O) groups is 1. The van der Waals surface area contributed by atoms with Crippen molar-refractivity contribution in [3.8, 4) is 11.5 Å². The molecule has 1 aromatic heterocycles. The first-order valence-corrected chi connectivity index (χ1v) is 7.97. The number of fused-ring (bicyclic) bond motifs is 1. The third-order valence-electron chi connectivity index (χ3n) is 4.12. The molecule has 0 aliphatic carbocycles. The van der Waals surface area contributed by atoms with Gasteiger partial charge in [0.05, 0.1) is 0 Å². The van der Waals surface area contributed by atoms with Gasteiger partial charge in [0.15, 0.2) is 11.5 Å². The van der Waals surface area contributed by atoms with E-state index in [2.05, 4.69) is 14.9 Å². The van der Waals surface area contributed by atoms with Gasteiger partial charge in [-0.25, -0.2) is 4.98 Å². The minimum atomic E-state index is -0.163. The van der Waals surface area contributed by atoms with Crippen LogP contribution in [0.2, 0.25) is 0 Å². The predicted molar refractivity (Wildman–Crippen MR) is 93.0 cm³/mol. The standard InChI is InChI=1S/C19H17N3O3/c1-13-20-8-9-22(13)11-14-2-4-15(5-3-14)19(23)21-16-6-7-17-18(10-16)25-12-24-17/h2-10H,11-12H2,1H3,(H,21,23). The second-order valence-electron chi connectivity index (χ2n) is 5.82. The summed E-state index contributed by atoms with van der Waals surface area (Å²) in [6.45, 7) is 2.91. The van der Waals surface area contributed by atoms with E-state index in [-0.39, 0.29) is 12.7 Å². The first-order chi connectivity index (χ1) is 12.2. The summed E-state index contributed by atoms with van der Waals surface area (Å²) >= 11 is 0. The van der Waals surface area contributed by atoms with Crippen LogP contribution in [-0.4, -0.2) is 22.3 Å². The van der Waals surface area contributed by atoms with Gasteiger partial charge in [-0.1, -0.05) is 12.1 Å². The van der Waals surface area contributed by atoms with E-state index in [1.807, 2.05) is 37.4 Å². The van der Waals surface area contributed by atoms with E-state index in [9.17, 15) is 4.79 Å². The minimum Gasteiger partial charge on any atom is -0.454 e. The molecule has 0 spiro atoms. The number of imidazole rings is 1. The number of aryl methyl sites for hydroxylation is 1. The number of benzene rings is 2. The Kier molecular flexibility index (Phi) is 3.85. The van der Waals surface area contributed by atoms with Crippen LogP contribution in [-0.2, 0) is 6.54 Å². The first-order valence-electron chi connectivity index (χ1n) is 7.97. The molecule has 0 radical (unpaired) electrons. The van der Waals surface area contributed by atoms with E-state index in [0.717, 1.165) is 17.9 Å². The van der Waals surface area contributed by atoms with Gasteiger partial charge in [-0.15, -0.1) is 0 Å². The number of nitrogens with zero attached hydrogens (tertiary/aromatic N) is 2. The maximum absolute atomic E-state index is 12.4. The molecule has 0 unspecified atom stereocenters. The third-order valence-corrected chi connectivity index (χ3v) is 4.12. The average molecular weight is 335 g/mol. The van der Waals surface area contributed by atoms with Crippen LogP contribution in [0.25, 0.3) is 0 Å². The normalized spacial score (nSPS) is 12.2. The zero-order valence-corrected chi connectivity index (χ0v) is 13.7. The van der Waals surface area contributed by atoms with Crippen molar-refractivity contribution in [2.75, 3.05) is 12.1 Å². The summed E-state index contributed by atoms with van der Waals surface area (Å²) in [4.78, 5) is 16.6. The Bertz CT molecular complexity index is 916. The summed E-state index contributed by atoms with van der Waals surface area (Å²) < 4.78 is 12.6. The number of amides is 1. The largest absolute Gasteiger partial charge is 0.454 e. The lowest BCUT2D eigenvalue weighted by atomic mass is 10.1. The minimum absolute atomic E-state index is 0.163. The van der Waals surface area contributed by atoms with Gasteiger partial charge in [-0.2, -0.15) is 0 Å². The Morgan fingerprint density at radius 1 is 1.16 bits per heavy atom. The number of aromatic nitrogens is 2. The second-order valence-corrected chi connectivity index (χ2v) is 5.82. The number of ether oxygens (including phenoxy) is 2. The van der Waals surface area contributed by atoms with Crippen molar-refractivity contribution in [3.63, 3.8) is 0 Å². The molecule has 1 aliphatic rings. The molecular weight excluding hydrogens is 318 g/mol. The van der Waals surface area contributed by atoms with Crippen LogP contribution in [0, 0.1) is 6.92 Å². The fraction of sp³-hybridized carbons (Fsp3) is 0.158. The number of hydrogen-bond donors (Lipinski definition) is 1. The van der Waals surface area contributed by atoms with Gasteiger partial charge < -0.3 is 19.4 Å². The van der Waals surface area contributed by atoms with Gasteiger partial charge in [0.2, 0.25) is 6.79 Å². The molecule has 2 aromatic carbocycles. The van der Waals surface area contributed by atoms with Crippen LogP contribution in [0.15, 0.2) is 54.9 Å². The Morgan fingerprint density at radius 3 is 2.72 bits per heavy atom. The monoisotopic (exact) mass is 335 g/mol. The number of anilines is 1. The molecule has 0 saturated heterocycles. The second kappa shape index (κ2) is 6.32. The predicted octanol–water partition coefficient (Wildman–Crippen LogP) is 3.22. The maximum Gasteiger partial charge on any atom is 0.255 e. The molecule has 25 heavy (non-hydrogen) atoms. The van der Waals surface area contributed by atoms with Crippen LogP contribution >= 0.6 is 0 Å². The molecule has 126 valence electrons. The molecule has 0 saturated carbocycles. The van der Waals surface area contributed by atoms with Crippen molar-refractivity contribution >= 4 is 11.6 Å². The van der Waals surface area contributed by atoms with E-state index < -0.39 is 0 Å². The van der Waals surface area contributed by atoms with Crippen molar-refractivity contribution in [1.29, 1.82) is 0 Å². The fourth-order valence-corrected chi connectivity index (χ4v) is 2.71. The van der Waals surface area contributed by atoms with Gasteiger partial charge >= 0.3 is 0 Å². The van der Waals surface area contributed by atoms with Crippen LogP contribution in [0.3, 0.4) is 0 Å². The summed E-state index contributed by atoms with van der Waals surface area (Å²) in [7, 11) is 0. The Morgan fingerprint density at radius 2 is 1.96 bits per heavy atom. The smallest absolute Gasteiger partial charge is 0.255 e. The van der Waals surface area contributed by atoms with Crippen LogP contribution < -0.4 is 14.8 Å². The maximum atomic E-state index is 12.4. The number of hydrogen-bond acceptors (Lipinski definition) is 4. The van der Waals surface area contributed by atoms with Crippen LogP contribution in [0.4, 0.5) is 5.69 Å². The lowest BCUT2D eigenvalue weighted by molar-refractivity contribution is 0.102. The van der Waals surface area contributed by atoms with Crippen molar-refractivity contribution in [1.82, 2.24) is 9.55 Å². The van der Waals surface area contributed by atoms with Crippen LogP contribution in [0.1, 0.15) is 21.7 Å². The summed E-state index contributed by atoms with van der Waals surface area (Å²) in [5.41, 5.74) is 2.39. The van der Waals surface area contributed by atoms with Crippen molar-refractivity contribution in [2.24, 2.45) is 0 Å². The van der Waals surface area contributed by atoms with Gasteiger partial charge in [0, 0.05) is 36.3 Å². The van der Waals surface area contributed by atoms with E-state index >= 15 is 0 Å². The number of carbonyl (C=O) groups excluding carboxylic acids is 1. The molecule has 2 heterocycles. The Labute approximate surface area is 145 Å². The molecule has 1 aliphatic heterocycles. The molecular formula is C19H17N3O3. The molecule has 6 heteroatoms. The summed E-state index contributed by atoms with van der Waals surface area (Å²) in [6, 6.07) is 12.9. The molecule has 0 fully saturated rings. The molecule has 3 aromatic rings. The molecule has 6 nitrogen and oxygen atoms in total. The van der Waals surface area contributed by atoms with E-state index in [1.165, 1.54) is 0 Å². The summed E-state index contributed by atoms with van der Waals surface area (Å²) in [5.74, 6) is 2.13. The average Bonchev–Trinajstić information content (AvgIpc) is 3.24. The summed E-state index contributed by atoms with van der Waals surface area (Å²) in [5, 5.41) is 2.87. The van der Waals surface area contributed by atoms with Crippen molar-refractivity contribution < 1.29 is 14.3 Å².